The van der Waals surface area contributed by atoms with Crippen LogP contribution in [0.15, 0.2) is 0 Å². The molecule has 1 fully saturated rings. The fraction of sp³-hybridized carbons (Fsp3) is 0.974. The molecule has 9 nitrogen and oxygen atoms in total. The van der Waals surface area contributed by atoms with Gasteiger partial charge in [0.15, 0.2) is 6.29 Å². The number of carbonyl (C=O) groups is 1. The van der Waals surface area contributed by atoms with Crippen molar-refractivity contribution in [3.05, 3.63) is 0 Å². The average molecular weight is 674 g/mol. The van der Waals surface area contributed by atoms with Crippen molar-refractivity contribution < 1.29 is 39.8 Å². The predicted molar refractivity (Wildman–Crippen MR) is 189 cm³/mol. The molecule has 0 radical (unpaired) electrons. The van der Waals surface area contributed by atoms with Crippen molar-refractivity contribution in [1.29, 1.82) is 0 Å². The summed E-state index contributed by atoms with van der Waals surface area (Å²) < 4.78 is 11.2. The summed E-state index contributed by atoms with van der Waals surface area (Å²) >= 11 is 0. The molecule has 1 aliphatic rings. The molecule has 0 saturated carbocycles. The molecule has 9 heteroatoms. The molecule has 1 amide bonds. The molecule has 47 heavy (non-hydrogen) atoms. The number of ether oxygens (including phenoxy) is 2. The standard InChI is InChI=1S/C38H75NO8/c1-3-5-7-9-11-13-14-15-16-17-18-20-22-24-26-28-34(42)39-31(32(41)27-25-23-21-19-12-10-8-6-4-2)30-46-38-37(45)36(44)35(43)33(29-40)47-38/h31-33,35-38,40-41,43-45H,3-30H2,1-2H3,(H,39,42)/t31-,32+,33+,35-,36?,37?,38+/m0/s1. The Morgan fingerprint density at radius 1 is 0.638 bits per heavy atom. The van der Waals surface area contributed by atoms with Gasteiger partial charge < -0.3 is 40.3 Å². The summed E-state index contributed by atoms with van der Waals surface area (Å²) in [6, 6.07) is -0.708. The number of hydrogen-bond acceptors (Lipinski definition) is 8. The van der Waals surface area contributed by atoms with Crippen molar-refractivity contribution >= 4 is 5.91 Å². The van der Waals surface area contributed by atoms with Crippen molar-refractivity contribution in [1.82, 2.24) is 5.32 Å². The zero-order valence-corrected chi connectivity index (χ0v) is 30.3. The number of hydrogen-bond donors (Lipinski definition) is 6. The van der Waals surface area contributed by atoms with Crippen LogP contribution in [0, 0.1) is 0 Å². The fourth-order valence-corrected chi connectivity index (χ4v) is 6.45. The van der Waals surface area contributed by atoms with Gasteiger partial charge in [-0.3, -0.25) is 4.79 Å². The Morgan fingerprint density at radius 3 is 1.51 bits per heavy atom. The lowest BCUT2D eigenvalue weighted by molar-refractivity contribution is -0.302. The van der Waals surface area contributed by atoms with Gasteiger partial charge in [-0.15, -0.1) is 0 Å². The molecule has 280 valence electrons. The first kappa shape index (κ1) is 44.2. The molecule has 6 N–H and O–H groups in total. The third-order valence-corrected chi connectivity index (χ3v) is 9.71. The molecule has 0 aromatic heterocycles. The van der Waals surface area contributed by atoms with Crippen LogP contribution < -0.4 is 5.32 Å². The van der Waals surface area contributed by atoms with E-state index in [4.69, 9.17) is 9.47 Å². The van der Waals surface area contributed by atoms with Crippen LogP contribution in [0.25, 0.3) is 0 Å². The SMILES string of the molecule is CCCCCCCCCCCCCCCCCC(=O)N[C@@H](CO[C@@H]1O[C@H](CO)[C@H](O)C(O)C1O)[C@H](O)CCCCCCCCCCC. The van der Waals surface area contributed by atoms with E-state index in [1.165, 1.54) is 116 Å². The second kappa shape index (κ2) is 30.1. The number of nitrogens with one attached hydrogen (secondary N) is 1. The maximum absolute atomic E-state index is 12.9. The molecular weight excluding hydrogens is 598 g/mol. The average Bonchev–Trinajstić information content (AvgIpc) is 3.07. The highest BCUT2D eigenvalue weighted by atomic mass is 16.7. The number of unbranched alkanes of at least 4 members (excludes halogenated alkanes) is 22. The third kappa shape index (κ3) is 21.8. The van der Waals surface area contributed by atoms with Crippen molar-refractivity contribution in [2.24, 2.45) is 0 Å². The predicted octanol–water partition coefficient (Wildman–Crippen LogP) is 6.83. The van der Waals surface area contributed by atoms with E-state index in [1.807, 2.05) is 0 Å². The van der Waals surface area contributed by atoms with Crippen molar-refractivity contribution in [2.45, 2.75) is 224 Å². The van der Waals surface area contributed by atoms with Crippen molar-refractivity contribution in [2.75, 3.05) is 13.2 Å². The van der Waals surface area contributed by atoms with Crippen LogP contribution in [0.3, 0.4) is 0 Å². The summed E-state index contributed by atoms with van der Waals surface area (Å²) in [7, 11) is 0. The second-order valence-corrected chi connectivity index (χ2v) is 14.1. The summed E-state index contributed by atoms with van der Waals surface area (Å²) in [5.74, 6) is -0.145. The third-order valence-electron chi connectivity index (χ3n) is 9.71. The first-order chi connectivity index (χ1) is 22.8. The van der Waals surface area contributed by atoms with Crippen LogP contribution in [0.4, 0.5) is 0 Å². The first-order valence-electron chi connectivity index (χ1n) is 19.7. The highest BCUT2D eigenvalue weighted by molar-refractivity contribution is 5.76. The molecule has 0 aliphatic carbocycles. The molecule has 1 aliphatic heterocycles. The summed E-state index contributed by atoms with van der Waals surface area (Å²) in [6.45, 7) is 3.80. The zero-order chi connectivity index (χ0) is 34.5. The topological polar surface area (TPSA) is 149 Å². The fourth-order valence-electron chi connectivity index (χ4n) is 6.45. The van der Waals surface area contributed by atoms with Gasteiger partial charge in [0.1, 0.15) is 24.4 Å². The van der Waals surface area contributed by atoms with Gasteiger partial charge in [0.05, 0.1) is 25.4 Å². The minimum Gasteiger partial charge on any atom is -0.394 e. The van der Waals surface area contributed by atoms with Gasteiger partial charge in [0.25, 0.3) is 0 Å². The number of rotatable bonds is 32. The van der Waals surface area contributed by atoms with E-state index in [1.54, 1.807) is 0 Å². The quantitative estimate of drug-likeness (QED) is 0.0426. The number of aliphatic hydroxyl groups excluding tert-OH is 5. The number of amides is 1. The van der Waals surface area contributed by atoms with Crippen LogP contribution in [0.2, 0.25) is 0 Å². The lowest BCUT2D eigenvalue weighted by Crippen LogP contribution is -2.60. The first-order valence-corrected chi connectivity index (χ1v) is 19.7. The molecule has 1 heterocycles. The molecule has 1 saturated heterocycles. The Morgan fingerprint density at radius 2 is 1.06 bits per heavy atom. The monoisotopic (exact) mass is 674 g/mol. The van der Waals surface area contributed by atoms with E-state index in [9.17, 15) is 30.3 Å². The number of carbonyl (C=O) groups excluding carboxylic acids is 1. The molecule has 7 atom stereocenters. The maximum Gasteiger partial charge on any atom is 0.220 e. The summed E-state index contributed by atoms with van der Waals surface area (Å²) in [5, 5.41) is 54.0. The Balaban J connectivity index is 2.37. The molecule has 0 bridgehead atoms. The zero-order valence-electron chi connectivity index (χ0n) is 30.3. The van der Waals surface area contributed by atoms with E-state index in [2.05, 4.69) is 19.2 Å². The molecule has 1 rings (SSSR count). The van der Waals surface area contributed by atoms with E-state index < -0.39 is 49.5 Å². The minimum atomic E-state index is -1.55. The highest BCUT2D eigenvalue weighted by Crippen LogP contribution is 2.23. The Hall–Kier alpha value is -0.810. The van der Waals surface area contributed by atoms with Crippen LogP contribution in [-0.2, 0) is 14.3 Å². The number of aliphatic hydroxyl groups is 5. The minimum absolute atomic E-state index is 0.133. The van der Waals surface area contributed by atoms with Gasteiger partial charge in [-0.2, -0.15) is 0 Å². The van der Waals surface area contributed by atoms with Gasteiger partial charge >= 0.3 is 0 Å². The molecule has 0 aromatic carbocycles. The van der Waals surface area contributed by atoms with Crippen LogP contribution in [0.1, 0.15) is 181 Å². The largest absolute Gasteiger partial charge is 0.394 e. The van der Waals surface area contributed by atoms with Crippen LogP contribution >= 0.6 is 0 Å². The smallest absolute Gasteiger partial charge is 0.220 e. The molecule has 2 unspecified atom stereocenters. The maximum atomic E-state index is 12.9. The molecule has 0 aromatic rings. The van der Waals surface area contributed by atoms with Crippen molar-refractivity contribution in [3.63, 3.8) is 0 Å². The Bertz CT molecular complexity index is 711. The van der Waals surface area contributed by atoms with Gasteiger partial charge in [-0.1, -0.05) is 162 Å². The van der Waals surface area contributed by atoms with Gasteiger partial charge in [-0.05, 0) is 12.8 Å². The Labute approximate surface area is 287 Å². The normalized spacial score (nSPS) is 22.7. The van der Waals surface area contributed by atoms with E-state index >= 15 is 0 Å². The molecule has 0 spiro atoms. The van der Waals surface area contributed by atoms with Gasteiger partial charge in [0, 0.05) is 6.42 Å². The second-order valence-electron chi connectivity index (χ2n) is 14.1. The summed E-state index contributed by atoms with van der Waals surface area (Å²) in [5.41, 5.74) is 0. The summed E-state index contributed by atoms with van der Waals surface area (Å²) in [6.07, 6.45) is 22.6. The lowest BCUT2D eigenvalue weighted by Gasteiger charge is -2.40. The van der Waals surface area contributed by atoms with E-state index in [0.29, 0.717) is 12.8 Å². The van der Waals surface area contributed by atoms with E-state index in [0.717, 1.165) is 38.5 Å². The van der Waals surface area contributed by atoms with Crippen LogP contribution in [-0.4, -0.2) is 87.5 Å². The molecular formula is C38H75NO8. The van der Waals surface area contributed by atoms with E-state index in [-0.39, 0.29) is 12.5 Å². The van der Waals surface area contributed by atoms with Gasteiger partial charge in [0.2, 0.25) is 5.91 Å². The lowest BCUT2D eigenvalue weighted by atomic mass is 9.99. The van der Waals surface area contributed by atoms with Gasteiger partial charge in [-0.25, -0.2) is 0 Å². The highest BCUT2D eigenvalue weighted by Gasteiger charge is 2.44. The Kier molecular flexibility index (Phi) is 28.3. The van der Waals surface area contributed by atoms with Crippen molar-refractivity contribution in [3.8, 4) is 0 Å². The summed E-state index contributed by atoms with van der Waals surface area (Å²) in [4.78, 5) is 12.9. The van der Waals surface area contributed by atoms with Crippen LogP contribution in [0.5, 0.6) is 0 Å².